The maximum absolute atomic E-state index is 12.5. The minimum atomic E-state index is -0.155. The van der Waals surface area contributed by atoms with Crippen molar-refractivity contribution in [1.82, 2.24) is 15.2 Å². The molecule has 1 saturated carbocycles. The first kappa shape index (κ1) is 18.0. The third-order valence-electron chi connectivity index (χ3n) is 5.38. The summed E-state index contributed by atoms with van der Waals surface area (Å²) in [7, 11) is 0. The Labute approximate surface area is 163 Å². The molecule has 2 N–H and O–H groups in total. The molecule has 1 fully saturated rings. The highest BCUT2D eigenvalue weighted by atomic mass is 32.1. The zero-order chi connectivity index (χ0) is 18.6. The number of pyridine rings is 1. The van der Waals surface area contributed by atoms with Gasteiger partial charge in [-0.3, -0.25) is 10.1 Å². The second-order valence-electron chi connectivity index (χ2n) is 7.26. The summed E-state index contributed by atoms with van der Waals surface area (Å²) in [5.74, 6) is 0.963. The molecule has 0 spiro atoms. The first-order chi connectivity index (χ1) is 13.2. The summed E-state index contributed by atoms with van der Waals surface area (Å²) in [4.78, 5) is 32.1. The minimum Gasteiger partial charge on any atom is -0.352 e. The molecule has 6 nitrogen and oxygen atoms in total. The van der Waals surface area contributed by atoms with E-state index in [1.807, 2.05) is 0 Å². The Hall–Kier alpha value is -2.41. The third kappa shape index (κ3) is 4.30. The van der Waals surface area contributed by atoms with Gasteiger partial charge >= 0.3 is 6.03 Å². The molecule has 0 bridgehead atoms. The number of nitrogens with one attached hydrogen (secondary N) is 2. The van der Waals surface area contributed by atoms with Crippen molar-refractivity contribution in [3.05, 3.63) is 45.8 Å². The number of fused-ring (bicyclic) bond motifs is 1. The Morgan fingerprint density at radius 3 is 2.85 bits per heavy atom. The van der Waals surface area contributed by atoms with E-state index in [1.54, 1.807) is 28.4 Å². The van der Waals surface area contributed by atoms with E-state index < -0.39 is 0 Å². The van der Waals surface area contributed by atoms with E-state index in [-0.39, 0.29) is 11.9 Å². The molecular weight excluding hydrogens is 360 g/mol. The van der Waals surface area contributed by atoms with Crippen molar-refractivity contribution in [2.24, 2.45) is 5.92 Å². The van der Waals surface area contributed by atoms with Crippen LogP contribution in [0, 0.1) is 5.92 Å². The van der Waals surface area contributed by atoms with Gasteiger partial charge in [0.25, 0.3) is 5.91 Å². The van der Waals surface area contributed by atoms with Gasteiger partial charge in [-0.15, -0.1) is 11.3 Å². The van der Waals surface area contributed by atoms with Gasteiger partial charge in [0.15, 0.2) is 0 Å². The molecule has 1 aliphatic carbocycles. The highest BCUT2D eigenvalue weighted by Gasteiger charge is 2.22. The molecule has 2 aromatic rings. The molecule has 0 atom stereocenters. The molecule has 3 heterocycles. The van der Waals surface area contributed by atoms with Gasteiger partial charge in [0.2, 0.25) is 0 Å². The molecule has 27 heavy (non-hydrogen) atoms. The first-order valence-electron chi connectivity index (χ1n) is 9.54. The van der Waals surface area contributed by atoms with Crippen molar-refractivity contribution in [2.75, 3.05) is 18.4 Å². The van der Waals surface area contributed by atoms with E-state index in [9.17, 15) is 9.59 Å². The summed E-state index contributed by atoms with van der Waals surface area (Å²) in [5.41, 5.74) is 1.75. The van der Waals surface area contributed by atoms with Crippen LogP contribution in [0.2, 0.25) is 0 Å². The second-order valence-corrected chi connectivity index (χ2v) is 8.26. The van der Waals surface area contributed by atoms with Crippen molar-refractivity contribution < 1.29 is 9.59 Å². The second kappa shape index (κ2) is 8.08. The molecule has 2 aromatic heterocycles. The number of hydrogen-bond acceptors (Lipinski definition) is 4. The molecular formula is C20H24N4O2S. The Morgan fingerprint density at radius 1 is 1.22 bits per heavy atom. The van der Waals surface area contributed by atoms with Gasteiger partial charge in [-0.05, 0) is 54.3 Å². The number of nitrogens with zero attached hydrogens (tertiary/aromatic N) is 2. The number of aromatic nitrogens is 1. The number of carbonyl (C=O) groups excluding carboxylic acids is 2. The number of amides is 3. The molecule has 0 unspecified atom stereocenters. The monoisotopic (exact) mass is 384 g/mol. The van der Waals surface area contributed by atoms with Crippen LogP contribution in [0.15, 0.2) is 29.8 Å². The van der Waals surface area contributed by atoms with Gasteiger partial charge in [0.05, 0.1) is 5.56 Å². The van der Waals surface area contributed by atoms with Crippen molar-refractivity contribution >= 4 is 29.1 Å². The highest BCUT2D eigenvalue weighted by Crippen LogP contribution is 2.25. The summed E-state index contributed by atoms with van der Waals surface area (Å²) < 4.78 is 0. The average molecular weight is 385 g/mol. The Balaban J connectivity index is 1.29. The van der Waals surface area contributed by atoms with Crippen LogP contribution >= 0.6 is 11.3 Å². The number of urea groups is 1. The highest BCUT2D eigenvalue weighted by molar-refractivity contribution is 7.10. The molecule has 0 saturated heterocycles. The molecule has 2 aliphatic rings. The lowest BCUT2D eigenvalue weighted by atomic mass is 10.1. The van der Waals surface area contributed by atoms with Crippen LogP contribution in [0.4, 0.5) is 10.6 Å². The van der Waals surface area contributed by atoms with Crippen LogP contribution in [0.1, 0.15) is 46.5 Å². The van der Waals surface area contributed by atoms with Crippen molar-refractivity contribution in [1.29, 1.82) is 0 Å². The van der Waals surface area contributed by atoms with E-state index in [4.69, 9.17) is 0 Å². The van der Waals surface area contributed by atoms with Crippen LogP contribution in [-0.4, -0.2) is 34.9 Å². The average Bonchev–Trinajstić information content (AvgIpc) is 3.37. The minimum absolute atomic E-state index is 0.103. The number of thiophene rings is 1. The molecule has 142 valence electrons. The van der Waals surface area contributed by atoms with Crippen LogP contribution < -0.4 is 10.6 Å². The van der Waals surface area contributed by atoms with E-state index in [0.717, 1.165) is 13.0 Å². The van der Waals surface area contributed by atoms with E-state index >= 15 is 0 Å². The first-order valence-corrected chi connectivity index (χ1v) is 10.4. The maximum Gasteiger partial charge on any atom is 0.323 e. The van der Waals surface area contributed by atoms with Gasteiger partial charge in [-0.1, -0.05) is 12.8 Å². The van der Waals surface area contributed by atoms with Crippen molar-refractivity contribution in [2.45, 2.75) is 38.6 Å². The van der Waals surface area contributed by atoms with Crippen LogP contribution in [0.3, 0.4) is 0 Å². The van der Waals surface area contributed by atoms with Gasteiger partial charge in [-0.25, -0.2) is 9.78 Å². The number of rotatable bonds is 4. The fourth-order valence-corrected chi connectivity index (χ4v) is 4.66. The lowest BCUT2D eigenvalue weighted by molar-refractivity contribution is 0.0947. The van der Waals surface area contributed by atoms with Gasteiger partial charge in [-0.2, -0.15) is 0 Å². The van der Waals surface area contributed by atoms with Crippen molar-refractivity contribution in [3.8, 4) is 0 Å². The maximum atomic E-state index is 12.5. The van der Waals surface area contributed by atoms with Crippen molar-refractivity contribution in [3.63, 3.8) is 0 Å². The van der Waals surface area contributed by atoms with Gasteiger partial charge < -0.3 is 10.2 Å². The van der Waals surface area contributed by atoms with E-state index in [1.165, 1.54) is 42.3 Å². The molecule has 1 aliphatic heterocycles. The summed E-state index contributed by atoms with van der Waals surface area (Å²) in [6.45, 7) is 2.07. The normalized spacial score (nSPS) is 16.8. The fourth-order valence-electron chi connectivity index (χ4n) is 3.77. The molecule has 0 radical (unpaired) electrons. The zero-order valence-electron chi connectivity index (χ0n) is 15.2. The number of hydrogen-bond donors (Lipinski definition) is 2. The third-order valence-corrected chi connectivity index (χ3v) is 6.40. The summed E-state index contributed by atoms with van der Waals surface area (Å²) in [5, 5.41) is 7.88. The predicted octanol–water partition coefficient (Wildman–Crippen LogP) is 3.65. The SMILES string of the molecule is O=C(NCC1CCCC1)c1ccc(NC(=O)N2CCc3sccc3C2)nc1. The number of carbonyl (C=O) groups is 2. The molecule has 3 amide bonds. The smallest absolute Gasteiger partial charge is 0.323 e. The summed E-state index contributed by atoms with van der Waals surface area (Å²) in [6.07, 6.45) is 7.35. The predicted molar refractivity (Wildman–Crippen MR) is 106 cm³/mol. The largest absolute Gasteiger partial charge is 0.352 e. The van der Waals surface area contributed by atoms with E-state index in [0.29, 0.717) is 30.4 Å². The van der Waals surface area contributed by atoms with Crippen LogP contribution in [-0.2, 0) is 13.0 Å². The lowest BCUT2D eigenvalue weighted by Gasteiger charge is -2.26. The van der Waals surface area contributed by atoms with Crippen LogP contribution in [0.5, 0.6) is 0 Å². The Morgan fingerprint density at radius 2 is 2.07 bits per heavy atom. The Kier molecular flexibility index (Phi) is 5.38. The Bertz CT molecular complexity index is 812. The van der Waals surface area contributed by atoms with E-state index in [2.05, 4.69) is 27.1 Å². The standard InChI is InChI=1S/C20H24N4O2S/c25-19(22-11-14-3-1-2-4-14)15-5-6-18(21-12-15)23-20(26)24-9-7-17-16(13-24)8-10-27-17/h5-6,8,10,12,14H,1-4,7,9,11,13H2,(H,22,25)(H,21,23,26). The lowest BCUT2D eigenvalue weighted by Crippen LogP contribution is -2.38. The number of anilines is 1. The fraction of sp³-hybridized carbons (Fsp3) is 0.450. The molecule has 4 rings (SSSR count). The van der Waals surface area contributed by atoms with Crippen LogP contribution in [0.25, 0.3) is 0 Å². The topological polar surface area (TPSA) is 74.3 Å². The quantitative estimate of drug-likeness (QED) is 0.845. The zero-order valence-corrected chi connectivity index (χ0v) is 16.1. The molecule has 0 aromatic carbocycles. The summed E-state index contributed by atoms with van der Waals surface area (Å²) >= 11 is 1.75. The summed E-state index contributed by atoms with van der Waals surface area (Å²) in [6, 6.07) is 5.32. The van der Waals surface area contributed by atoms with Gasteiger partial charge in [0, 0.05) is 30.7 Å². The van der Waals surface area contributed by atoms with Gasteiger partial charge in [0.1, 0.15) is 5.82 Å². The molecule has 7 heteroatoms.